The van der Waals surface area contributed by atoms with Gasteiger partial charge in [0, 0.05) is 6.20 Å². The van der Waals surface area contributed by atoms with E-state index in [0.29, 0.717) is 0 Å². The predicted molar refractivity (Wildman–Crippen MR) is 59.9 cm³/mol. The SMILES string of the molecule is CNCCCC1(c2ccccn2)COC1. The highest BCUT2D eigenvalue weighted by atomic mass is 16.5. The zero-order chi connectivity index (χ0) is 10.6. The molecule has 1 saturated heterocycles. The maximum Gasteiger partial charge on any atom is 0.0600 e. The normalized spacial score (nSPS) is 18.5. The van der Waals surface area contributed by atoms with Crippen LogP contribution < -0.4 is 5.32 Å². The molecule has 0 saturated carbocycles. The molecule has 0 radical (unpaired) electrons. The molecular formula is C12H18N2O. The Labute approximate surface area is 90.9 Å². The molecule has 15 heavy (non-hydrogen) atoms. The highest BCUT2D eigenvalue weighted by Crippen LogP contribution is 2.35. The Morgan fingerprint density at radius 1 is 1.47 bits per heavy atom. The van der Waals surface area contributed by atoms with Crippen molar-refractivity contribution < 1.29 is 4.74 Å². The van der Waals surface area contributed by atoms with Crippen molar-refractivity contribution in [2.24, 2.45) is 0 Å². The van der Waals surface area contributed by atoms with Crippen LogP contribution in [0.1, 0.15) is 18.5 Å². The highest BCUT2D eigenvalue weighted by molar-refractivity contribution is 5.20. The Bertz CT molecular complexity index is 296. The molecule has 1 aliphatic heterocycles. The fourth-order valence-corrected chi connectivity index (χ4v) is 2.05. The van der Waals surface area contributed by atoms with E-state index in [4.69, 9.17) is 4.74 Å². The Balaban J connectivity index is 2.02. The van der Waals surface area contributed by atoms with Crippen LogP contribution in [0.4, 0.5) is 0 Å². The summed E-state index contributed by atoms with van der Waals surface area (Å²) < 4.78 is 5.36. The van der Waals surface area contributed by atoms with Gasteiger partial charge in [-0.15, -0.1) is 0 Å². The van der Waals surface area contributed by atoms with E-state index in [2.05, 4.69) is 22.4 Å². The lowest BCUT2D eigenvalue weighted by Crippen LogP contribution is -2.47. The average Bonchev–Trinajstić information content (AvgIpc) is 2.23. The van der Waals surface area contributed by atoms with Crippen LogP contribution in [0.3, 0.4) is 0 Å². The molecule has 1 aromatic rings. The maximum absolute atomic E-state index is 5.36. The van der Waals surface area contributed by atoms with E-state index in [1.165, 1.54) is 12.1 Å². The largest absolute Gasteiger partial charge is 0.379 e. The molecule has 2 rings (SSSR count). The second-order valence-corrected chi connectivity index (χ2v) is 4.20. The lowest BCUT2D eigenvalue weighted by atomic mass is 9.78. The third-order valence-electron chi connectivity index (χ3n) is 3.05. The first-order valence-corrected chi connectivity index (χ1v) is 5.51. The molecule has 1 fully saturated rings. The van der Waals surface area contributed by atoms with E-state index in [-0.39, 0.29) is 5.41 Å². The van der Waals surface area contributed by atoms with E-state index in [1.807, 2.05) is 19.3 Å². The molecule has 3 nitrogen and oxygen atoms in total. The molecule has 3 heteroatoms. The topological polar surface area (TPSA) is 34.2 Å². The van der Waals surface area contributed by atoms with Crippen molar-refractivity contribution in [3.05, 3.63) is 30.1 Å². The van der Waals surface area contributed by atoms with E-state index < -0.39 is 0 Å². The lowest BCUT2D eigenvalue weighted by Gasteiger charge is -2.41. The Kier molecular flexibility index (Phi) is 3.34. The molecule has 2 heterocycles. The smallest absolute Gasteiger partial charge is 0.0600 e. The number of nitrogens with zero attached hydrogens (tertiary/aromatic N) is 1. The molecule has 0 unspecified atom stereocenters. The number of hydrogen-bond donors (Lipinski definition) is 1. The lowest BCUT2D eigenvalue weighted by molar-refractivity contribution is -0.0671. The first-order chi connectivity index (χ1) is 7.37. The van der Waals surface area contributed by atoms with Crippen LogP contribution in [0.5, 0.6) is 0 Å². The standard InChI is InChI=1S/C12H18N2O/c1-13-7-4-6-12(9-15-10-12)11-5-2-3-8-14-11/h2-3,5,8,13H,4,6-7,9-10H2,1H3. The predicted octanol–water partition coefficient (Wildman–Crippen LogP) is 1.35. The van der Waals surface area contributed by atoms with Gasteiger partial charge in [0.25, 0.3) is 0 Å². The van der Waals surface area contributed by atoms with Gasteiger partial charge >= 0.3 is 0 Å². The summed E-state index contributed by atoms with van der Waals surface area (Å²) in [6, 6.07) is 6.13. The number of nitrogens with one attached hydrogen (secondary N) is 1. The Morgan fingerprint density at radius 2 is 2.33 bits per heavy atom. The summed E-state index contributed by atoms with van der Waals surface area (Å²) in [5.74, 6) is 0. The monoisotopic (exact) mass is 206 g/mol. The van der Waals surface area contributed by atoms with Gasteiger partial charge in [-0.3, -0.25) is 4.98 Å². The molecule has 0 aliphatic carbocycles. The first kappa shape index (κ1) is 10.6. The van der Waals surface area contributed by atoms with E-state index >= 15 is 0 Å². The summed E-state index contributed by atoms with van der Waals surface area (Å²) in [7, 11) is 1.99. The molecule has 1 aliphatic rings. The summed E-state index contributed by atoms with van der Waals surface area (Å²) in [4.78, 5) is 4.45. The van der Waals surface area contributed by atoms with Crippen LogP contribution in [0.25, 0.3) is 0 Å². The highest BCUT2D eigenvalue weighted by Gasteiger charge is 2.40. The van der Waals surface area contributed by atoms with Crippen molar-refractivity contribution >= 4 is 0 Å². The molecule has 82 valence electrons. The quantitative estimate of drug-likeness (QED) is 0.738. The summed E-state index contributed by atoms with van der Waals surface area (Å²) in [6.45, 7) is 2.72. The number of aromatic nitrogens is 1. The Morgan fingerprint density at radius 3 is 2.87 bits per heavy atom. The minimum absolute atomic E-state index is 0.193. The summed E-state index contributed by atoms with van der Waals surface area (Å²) in [5.41, 5.74) is 1.38. The zero-order valence-corrected chi connectivity index (χ0v) is 9.20. The van der Waals surface area contributed by atoms with Gasteiger partial charge < -0.3 is 10.1 Å². The molecular weight excluding hydrogens is 188 g/mol. The van der Waals surface area contributed by atoms with Gasteiger partial charge in [-0.25, -0.2) is 0 Å². The van der Waals surface area contributed by atoms with Gasteiger partial charge in [0.05, 0.1) is 24.3 Å². The third kappa shape index (κ3) is 2.19. The first-order valence-electron chi connectivity index (χ1n) is 5.51. The van der Waals surface area contributed by atoms with Crippen LogP contribution in [0, 0.1) is 0 Å². The second kappa shape index (κ2) is 4.73. The van der Waals surface area contributed by atoms with E-state index in [1.54, 1.807) is 0 Å². The van der Waals surface area contributed by atoms with Gasteiger partial charge in [-0.2, -0.15) is 0 Å². The zero-order valence-electron chi connectivity index (χ0n) is 9.20. The van der Waals surface area contributed by atoms with Crippen molar-refractivity contribution in [2.75, 3.05) is 26.8 Å². The molecule has 0 aromatic carbocycles. The van der Waals surface area contributed by atoms with E-state index in [0.717, 1.165) is 26.2 Å². The van der Waals surface area contributed by atoms with Gasteiger partial charge in [0.15, 0.2) is 0 Å². The number of rotatable bonds is 5. The average molecular weight is 206 g/mol. The van der Waals surface area contributed by atoms with Crippen LogP contribution >= 0.6 is 0 Å². The number of ether oxygens (including phenoxy) is 1. The summed E-state index contributed by atoms with van der Waals surface area (Å²) >= 11 is 0. The van der Waals surface area contributed by atoms with Crippen LogP contribution in [-0.2, 0) is 10.2 Å². The third-order valence-corrected chi connectivity index (χ3v) is 3.05. The van der Waals surface area contributed by atoms with E-state index in [9.17, 15) is 0 Å². The van der Waals surface area contributed by atoms with Crippen LogP contribution in [-0.4, -0.2) is 31.8 Å². The van der Waals surface area contributed by atoms with Crippen molar-refractivity contribution in [1.82, 2.24) is 10.3 Å². The molecule has 0 spiro atoms. The second-order valence-electron chi connectivity index (χ2n) is 4.20. The minimum Gasteiger partial charge on any atom is -0.379 e. The van der Waals surface area contributed by atoms with Gasteiger partial charge in [-0.05, 0) is 38.6 Å². The molecule has 0 atom stereocenters. The minimum atomic E-state index is 0.193. The molecule has 0 bridgehead atoms. The molecule has 1 aromatic heterocycles. The van der Waals surface area contributed by atoms with Crippen molar-refractivity contribution in [1.29, 1.82) is 0 Å². The number of pyridine rings is 1. The van der Waals surface area contributed by atoms with Crippen molar-refractivity contribution in [2.45, 2.75) is 18.3 Å². The molecule has 1 N–H and O–H groups in total. The number of hydrogen-bond acceptors (Lipinski definition) is 3. The summed E-state index contributed by atoms with van der Waals surface area (Å²) in [6.07, 6.45) is 4.20. The fraction of sp³-hybridized carbons (Fsp3) is 0.583. The van der Waals surface area contributed by atoms with Crippen molar-refractivity contribution in [3.63, 3.8) is 0 Å². The van der Waals surface area contributed by atoms with Crippen molar-refractivity contribution in [3.8, 4) is 0 Å². The van der Waals surface area contributed by atoms with Gasteiger partial charge in [0.1, 0.15) is 0 Å². The summed E-state index contributed by atoms with van der Waals surface area (Å²) in [5, 5.41) is 3.18. The van der Waals surface area contributed by atoms with Gasteiger partial charge in [-0.1, -0.05) is 6.07 Å². The Hall–Kier alpha value is -0.930. The van der Waals surface area contributed by atoms with Gasteiger partial charge in [0.2, 0.25) is 0 Å². The van der Waals surface area contributed by atoms with Crippen LogP contribution in [0.15, 0.2) is 24.4 Å². The molecule has 0 amide bonds. The maximum atomic E-state index is 5.36. The fourth-order valence-electron chi connectivity index (χ4n) is 2.05. The van der Waals surface area contributed by atoms with Crippen LogP contribution in [0.2, 0.25) is 0 Å².